The lowest BCUT2D eigenvalue weighted by Crippen LogP contribution is -2.14. The minimum absolute atomic E-state index is 0.195. The summed E-state index contributed by atoms with van der Waals surface area (Å²) in [5.74, 6) is -0.297. The number of carbonyl (C=O) groups is 2. The van der Waals surface area contributed by atoms with E-state index in [2.05, 4.69) is 30.5 Å². The Morgan fingerprint density at radius 3 is 2.41 bits per heavy atom. The first-order valence-electron chi connectivity index (χ1n) is 9.50. The smallest absolute Gasteiger partial charge is 0.291 e. The zero-order valence-corrected chi connectivity index (χ0v) is 17.5. The highest BCUT2D eigenvalue weighted by Crippen LogP contribution is 2.28. The summed E-state index contributed by atoms with van der Waals surface area (Å²) >= 11 is 1.83. The van der Waals surface area contributed by atoms with Crippen molar-refractivity contribution in [3.63, 3.8) is 0 Å². The number of amides is 2. The van der Waals surface area contributed by atoms with Gasteiger partial charge in [0.05, 0.1) is 6.26 Å². The number of aryl methyl sites for hydroxylation is 1. The van der Waals surface area contributed by atoms with E-state index in [9.17, 15) is 9.59 Å². The SMILES string of the molecule is CCC(C)Sc1ccc(NC(=O)c2ccc(NC(=O)c3ccco3)cc2)c(C)c1. The summed E-state index contributed by atoms with van der Waals surface area (Å²) in [6, 6.07) is 16.0. The Balaban J connectivity index is 1.62. The summed E-state index contributed by atoms with van der Waals surface area (Å²) in [6.07, 6.45) is 2.56. The van der Waals surface area contributed by atoms with Crippen molar-refractivity contribution in [1.82, 2.24) is 0 Å². The predicted octanol–water partition coefficient (Wildman–Crippen LogP) is 5.98. The van der Waals surface area contributed by atoms with Crippen molar-refractivity contribution in [3.8, 4) is 0 Å². The molecular formula is C23H24N2O3S. The van der Waals surface area contributed by atoms with Gasteiger partial charge in [0.1, 0.15) is 0 Å². The molecule has 5 nitrogen and oxygen atoms in total. The Kier molecular flexibility index (Phi) is 6.77. The van der Waals surface area contributed by atoms with Gasteiger partial charge in [-0.25, -0.2) is 0 Å². The molecule has 0 aliphatic heterocycles. The van der Waals surface area contributed by atoms with Crippen LogP contribution in [0.3, 0.4) is 0 Å². The van der Waals surface area contributed by atoms with E-state index in [0.29, 0.717) is 16.5 Å². The average Bonchev–Trinajstić information content (AvgIpc) is 3.25. The largest absolute Gasteiger partial charge is 0.459 e. The maximum atomic E-state index is 12.6. The van der Waals surface area contributed by atoms with E-state index in [1.165, 1.54) is 11.2 Å². The van der Waals surface area contributed by atoms with Gasteiger partial charge in [-0.05, 0) is 73.5 Å². The quantitative estimate of drug-likeness (QED) is 0.472. The zero-order valence-electron chi connectivity index (χ0n) is 16.7. The molecule has 29 heavy (non-hydrogen) atoms. The lowest BCUT2D eigenvalue weighted by atomic mass is 10.1. The van der Waals surface area contributed by atoms with Crippen molar-refractivity contribution in [2.75, 3.05) is 10.6 Å². The van der Waals surface area contributed by atoms with E-state index in [1.54, 1.807) is 36.4 Å². The lowest BCUT2D eigenvalue weighted by Gasteiger charge is -2.12. The summed E-state index contributed by atoms with van der Waals surface area (Å²) in [5.41, 5.74) is 2.91. The van der Waals surface area contributed by atoms with Gasteiger partial charge in [0, 0.05) is 27.1 Å². The van der Waals surface area contributed by atoms with Gasteiger partial charge in [-0.3, -0.25) is 9.59 Å². The predicted molar refractivity (Wildman–Crippen MR) is 118 cm³/mol. The maximum Gasteiger partial charge on any atom is 0.291 e. The minimum Gasteiger partial charge on any atom is -0.459 e. The molecule has 3 rings (SSSR count). The van der Waals surface area contributed by atoms with Crippen LogP contribution in [0.25, 0.3) is 0 Å². The number of nitrogens with one attached hydrogen (secondary N) is 2. The number of thioether (sulfide) groups is 1. The zero-order chi connectivity index (χ0) is 20.8. The van der Waals surface area contributed by atoms with Crippen molar-refractivity contribution >= 4 is 35.0 Å². The highest BCUT2D eigenvalue weighted by atomic mass is 32.2. The third-order valence-electron chi connectivity index (χ3n) is 4.51. The minimum atomic E-state index is -0.335. The Labute approximate surface area is 174 Å². The summed E-state index contributed by atoms with van der Waals surface area (Å²) in [6.45, 7) is 6.37. The van der Waals surface area contributed by atoms with Gasteiger partial charge >= 0.3 is 0 Å². The first-order chi connectivity index (χ1) is 14.0. The first-order valence-corrected chi connectivity index (χ1v) is 10.4. The van der Waals surface area contributed by atoms with Crippen molar-refractivity contribution in [2.24, 2.45) is 0 Å². The Morgan fingerprint density at radius 1 is 1.03 bits per heavy atom. The van der Waals surface area contributed by atoms with Crippen LogP contribution >= 0.6 is 11.8 Å². The number of rotatable bonds is 7. The van der Waals surface area contributed by atoms with Gasteiger partial charge in [0.25, 0.3) is 11.8 Å². The molecule has 0 saturated heterocycles. The standard InChI is InChI=1S/C23H24N2O3S/c1-4-16(3)29-19-11-12-20(15(2)14-19)25-22(26)17-7-9-18(10-8-17)24-23(27)21-6-5-13-28-21/h5-14,16H,4H2,1-3H3,(H,24,27)(H,25,26). The van der Waals surface area contributed by atoms with E-state index in [4.69, 9.17) is 4.42 Å². The highest BCUT2D eigenvalue weighted by molar-refractivity contribution is 7.99. The Bertz CT molecular complexity index is 982. The number of hydrogen-bond donors (Lipinski definition) is 2. The van der Waals surface area contributed by atoms with Crippen molar-refractivity contribution in [2.45, 2.75) is 37.3 Å². The third kappa shape index (κ3) is 5.51. The van der Waals surface area contributed by atoms with Crippen molar-refractivity contribution in [1.29, 1.82) is 0 Å². The summed E-state index contributed by atoms with van der Waals surface area (Å²) in [4.78, 5) is 25.8. The van der Waals surface area contributed by atoms with Crippen LogP contribution in [0, 0.1) is 6.92 Å². The van der Waals surface area contributed by atoms with Gasteiger partial charge in [-0.2, -0.15) is 0 Å². The molecule has 0 bridgehead atoms. The topological polar surface area (TPSA) is 71.3 Å². The molecule has 0 radical (unpaired) electrons. The monoisotopic (exact) mass is 408 g/mol. The first kappa shape index (κ1) is 20.7. The van der Waals surface area contributed by atoms with Crippen LogP contribution in [-0.2, 0) is 0 Å². The fourth-order valence-corrected chi connectivity index (χ4v) is 3.69. The fraction of sp³-hybridized carbons (Fsp3) is 0.217. The van der Waals surface area contributed by atoms with Crippen LogP contribution in [0.5, 0.6) is 0 Å². The van der Waals surface area contributed by atoms with Crippen LogP contribution in [0.1, 0.15) is 46.7 Å². The molecule has 0 spiro atoms. The third-order valence-corrected chi connectivity index (χ3v) is 5.77. The molecule has 0 aliphatic carbocycles. The van der Waals surface area contributed by atoms with Gasteiger partial charge in [-0.15, -0.1) is 11.8 Å². The second-order valence-corrected chi connectivity index (χ2v) is 8.29. The van der Waals surface area contributed by atoms with E-state index in [-0.39, 0.29) is 17.6 Å². The lowest BCUT2D eigenvalue weighted by molar-refractivity contribution is 0.0995. The number of furan rings is 1. The molecule has 3 aromatic rings. The average molecular weight is 409 g/mol. The van der Waals surface area contributed by atoms with E-state index in [0.717, 1.165) is 17.7 Å². The van der Waals surface area contributed by atoms with Crippen molar-refractivity contribution in [3.05, 3.63) is 77.7 Å². The molecule has 0 aliphatic rings. The molecule has 1 heterocycles. The van der Waals surface area contributed by atoms with Gasteiger partial charge in [-0.1, -0.05) is 13.8 Å². The van der Waals surface area contributed by atoms with Gasteiger partial charge in [0.15, 0.2) is 5.76 Å². The second-order valence-electron chi connectivity index (χ2n) is 6.78. The molecule has 1 atom stereocenters. The van der Waals surface area contributed by atoms with Crippen LogP contribution < -0.4 is 10.6 Å². The molecule has 2 N–H and O–H groups in total. The van der Waals surface area contributed by atoms with Gasteiger partial charge < -0.3 is 15.1 Å². The molecule has 2 aromatic carbocycles. The molecule has 1 unspecified atom stereocenters. The molecule has 150 valence electrons. The number of benzene rings is 2. The highest BCUT2D eigenvalue weighted by Gasteiger charge is 2.11. The van der Waals surface area contributed by atoms with Crippen LogP contribution in [-0.4, -0.2) is 17.1 Å². The summed E-state index contributed by atoms with van der Waals surface area (Å²) in [7, 11) is 0. The Hall–Kier alpha value is -2.99. The summed E-state index contributed by atoms with van der Waals surface area (Å²) < 4.78 is 5.07. The normalized spacial score (nSPS) is 11.7. The molecule has 0 fully saturated rings. The maximum absolute atomic E-state index is 12.6. The van der Waals surface area contributed by atoms with E-state index >= 15 is 0 Å². The van der Waals surface area contributed by atoms with Gasteiger partial charge in [0.2, 0.25) is 0 Å². The number of carbonyl (C=O) groups excluding carboxylic acids is 2. The molecule has 2 amide bonds. The molecular weight excluding hydrogens is 384 g/mol. The van der Waals surface area contributed by atoms with Crippen LogP contribution in [0.15, 0.2) is 70.2 Å². The van der Waals surface area contributed by atoms with Crippen molar-refractivity contribution < 1.29 is 14.0 Å². The Morgan fingerprint density at radius 2 is 1.79 bits per heavy atom. The molecule has 0 saturated carbocycles. The van der Waals surface area contributed by atoms with Crippen LogP contribution in [0.2, 0.25) is 0 Å². The van der Waals surface area contributed by atoms with E-state index in [1.807, 2.05) is 30.8 Å². The molecule has 6 heteroatoms. The summed E-state index contributed by atoms with van der Waals surface area (Å²) in [5, 5.41) is 6.24. The van der Waals surface area contributed by atoms with Crippen LogP contribution in [0.4, 0.5) is 11.4 Å². The fourth-order valence-electron chi connectivity index (χ4n) is 2.67. The van der Waals surface area contributed by atoms with E-state index < -0.39 is 0 Å². The molecule has 1 aromatic heterocycles. The number of anilines is 2. The second kappa shape index (κ2) is 9.47. The number of hydrogen-bond acceptors (Lipinski definition) is 4.